The first kappa shape index (κ1) is 17.1. The Balaban J connectivity index is 1.45. The Morgan fingerprint density at radius 1 is 1.12 bits per heavy atom. The Bertz CT molecular complexity index is 851. The molecule has 0 amide bonds. The number of aryl methyl sites for hydroxylation is 1. The Hall–Kier alpha value is -2.73. The van der Waals surface area contributed by atoms with Crippen molar-refractivity contribution in [3.05, 3.63) is 70.2 Å². The maximum absolute atomic E-state index is 12.0. The molecule has 0 aliphatic carbocycles. The molecule has 1 aromatic carbocycles. The summed E-state index contributed by atoms with van der Waals surface area (Å²) < 4.78 is 7.00. The molecule has 0 unspecified atom stereocenters. The van der Waals surface area contributed by atoms with Crippen molar-refractivity contribution >= 4 is 23.1 Å². The number of ketones is 1. The second-order valence-electron chi connectivity index (χ2n) is 5.61. The molecule has 0 N–H and O–H groups in total. The second-order valence-corrected chi connectivity index (χ2v) is 6.90. The first-order valence-corrected chi connectivity index (χ1v) is 8.78. The van der Waals surface area contributed by atoms with Crippen LogP contribution in [0.2, 0.25) is 0 Å². The van der Waals surface area contributed by atoms with Crippen LogP contribution in [-0.2, 0) is 16.1 Å². The van der Waals surface area contributed by atoms with Crippen LogP contribution in [-0.4, -0.2) is 21.5 Å². The van der Waals surface area contributed by atoms with Gasteiger partial charge in [-0.15, -0.1) is 11.3 Å². The van der Waals surface area contributed by atoms with E-state index in [0.29, 0.717) is 4.88 Å². The summed E-state index contributed by atoms with van der Waals surface area (Å²) >= 11 is 1.45. The van der Waals surface area contributed by atoms with E-state index >= 15 is 0 Å². The minimum Gasteiger partial charge on any atom is -0.461 e. The van der Waals surface area contributed by atoms with Crippen LogP contribution in [0.1, 0.15) is 33.0 Å². The zero-order chi connectivity index (χ0) is 17.6. The van der Waals surface area contributed by atoms with Crippen molar-refractivity contribution in [3.63, 3.8) is 0 Å². The number of carbonyl (C=O) groups is 2. The molecule has 2 heterocycles. The predicted octanol–water partition coefficient (Wildman–Crippen LogP) is 3.95. The van der Waals surface area contributed by atoms with E-state index in [-0.39, 0.29) is 31.2 Å². The highest BCUT2D eigenvalue weighted by molar-refractivity contribution is 7.14. The number of hydrogen-bond donors (Lipinski definition) is 0. The maximum Gasteiger partial charge on any atom is 0.306 e. The molecule has 0 aliphatic rings. The highest BCUT2D eigenvalue weighted by Gasteiger charge is 2.12. The lowest BCUT2D eigenvalue weighted by Gasteiger charge is -2.06. The van der Waals surface area contributed by atoms with Gasteiger partial charge >= 0.3 is 5.97 Å². The molecule has 25 heavy (non-hydrogen) atoms. The number of hydrogen-bond acceptors (Lipinski definition) is 5. The Labute approximate surface area is 149 Å². The van der Waals surface area contributed by atoms with E-state index in [9.17, 15) is 9.59 Å². The van der Waals surface area contributed by atoms with Gasteiger partial charge < -0.3 is 4.74 Å². The number of carbonyl (C=O) groups excluding carboxylic acids is 2. The van der Waals surface area contributed by atoms with E-state index in [1.165, 1.54) is 11.3 Å². The molecule has 0 saturated heterocycles. The Morgan fingerprint density at radius 3 is 2.56 bits per heavy atom. The van der Waals surface area contributed by atoms with Crippen LogP contribution < -0.4 is 0 Å². The summed E-state index contributed by atoms with van der Waals surface area (Å²) in [5.74, 6) is -0.378. The van der Waals surface area contributed by atoms with Crippen molar-refractivity contribution in [2.75, 3.05) is 0 Å². The summed E-state index contributed by atoms with van der Waals surface area (Å²) in [6.45, 7) is 2.15. The van der Waals surface area contributed by atoms with Crippen molar-refractivity contribution in [1.29, 1.82) is 0 Å². The van der Waals surface area contributed by atoms with Crippen LogP contribution in [0.4, 0.5) is 0 Å². The average Bonchev–Trinajstić information content (AvgIpc) is 3.30. The van der Waals surface area contributed by atoms with Gasteiger partial charge in [0.15, 0.2) is 5.78 Å². The molecule has 6 heteroatoms. The highest BCUT2D eigenvalue weighted by Crippen LogP contribution is 2.17. The van der Waals surface area contributed by atoms with Crippen LogP contribution in [0.15, 0.2) is 54.9 Å². The third-order valence-electron chi connectivity index (χ3n) is 3.68. The lowest BCUT2D eigenvalue weighted by atomic mass is 10.2. The standard InChI is InChI=1S/C19H18N2O3S/c1-14-3-9-18(25-14)17(22)8-10-19(23)24-13-15-4-6-16(7-5-15)21-12-2-11-20-21/h2-7,9,11-12H,8,10,13H2,1H3. The smallest absolute Gasteiger partial charge is 0.306 e. The average molecular weight is 354 g/mol. The number of nitrogens with zero attached hydrogens (tertiary/aromatic N) is 2. The molecule has 0 fully saturated rings. The number of rotatable bonds is 7. The number of aromatic nitrogens is 2. The lowest BCUT2D eigenvalue weighted by Crippen LogP contribution is -2.07. The van der Waals surface area contributed by atoms with Crippen LogP contribution in [0.5, 0.6) is 0 Å². The molecule has 0 atom stereocenters. The summed E-state index contributed by atoms with van der Waals surface area (Å²) in [5, 5.41) is 4.16. The van der Waals surface area contributed by atoms with Gasteiger partial charge in [-0.3, -0.25) is 9.59 Å². The first-order valence-electron chi connectivity index (χ1n) is 7.96. The third-order valence-corrected chi connectivity index (χ3v) is 4.72. The number of thiophene rings is 1. The Kier molecular flexibility index (Phi) is 5.40. The van der Waals surface area contributed by atoms with Crippen molar-refractivity contribution in [1.82, 2.24) is 9.78 Å². The maximum atomic E-state index is 12.0. The molecule has 128 valence electrons. The zero-order valence-electron chi connectivity index (χ0n) is 13.8. The summed E-state index contributed by atoms with van der Waals surface area (Å²) in [7, 11) is 0. The number of esters is 1. The van der Waals surface area contributed by atoms with Crippen LogP contribution >= 0.6 is 11.3 Å². The van der Waals surface area contributed by atoms with Gasteiger partial charge in [-0.05, 0) is 42.8 Å². The van der Waals surface area contributed by atoms with Gasteiger partial charge in [-0.1, -0.05) is 12.1 Å². The normalized spacial score (nSPS) is 10.6. The molecule has 0 saturated carbocycles. The Morgan fingerprint density at radius 2 is 1.92 bits per heavy atom. The molecule has 3 rings (SSSR count). The predicted molar refractivity (Wildman–Crippen MR) is 96.0 cm³/mol. The number of benzene rings is 1. The van der Waals surface area contributed by atoms with Crippen molar-refractivity contribution < 1.29 is 14.3 Å². The van der Waals surface area contributed by atoms with Crippen LogP contribution in [0.3, 0.4) is 0 Å². The first-order chi connectivity index (χ1) is 12.1. The van der Waals surface area contributed by atoms with Crippen LogP contribution in [0, 0.1) is 6.92 Å². The van der Waals surface area contributed by atoms with E-state index < -0.39 is 0 Å². The molecular formula is C19H18N2O3S. The summed E-state index contributed by atoms with van der Waals surface area (Å²) in [6.07, 6.45) is 3.85. The fraction of sp³-hybridized carbons (Fsp3) is 0.211. The molecule has 0 bridgehead atoms. The SMILES string of the molecule is Cc1ccc(C(=O)CCC(=O)OCc2ccc(-n3cccn3)cc2)s1. The number of ether oxygens (including phenoxy) is 1. The topological polar surface area (TPSA) is 61.2 Å². The molecule has 0 spiro atoms. The summed E-state index contributed by atoms with van der Waals surface area (Å²) in [4.78, 5) is 25.6. The minimum absolute atomic E-state index is 0.0152. The molecular weight excluding hydrogens is 336 g/mol. The third kappa shape index (κ3) is 4.64. The van der Waals surface area contributed by atoms with Crippen molar-refractivity contribution in [2.24, 2.45) is 0 Å². The summed E-state index contributed by atoms with van der Waals surface area (Å²) in [5.41, 5.74) is 1.83. The lowest BCUT2D eigenvalue weighted by molar-refractivity contribution is -0.144. The number of Topliss-reactive ketones (excluding diaryl/α,β-unsaturated/α-hetero) is 1. The second kappa shape index (κ2) is 7.90. The van der Waals surface area contributed by atoms with Gasteiger partial charge in [-0.2, -0.15) is 5.10 Å². The van der Waals surface area contributed by atoms with E-state index in [2.05, 4.69) is 5.10 Å². The van der Waals surface area contributed by atoms with E-state index in [0.717, 1.165) is 16.1 Å². The van der Waals surface area contributed by atoms with Gasteiger partial charge in [0.2, 0.25) is 0 Å². The van der Waals surface area contributed by atoms with Gasteiger partial charge in [-0.25, -0.2) is 4.68 Å². The largest absolute Gasteiger partial charge is 0.461 e. The minimum atomic E-state index is -0.363. The van der Waals surface area contributed by atoms with Crippen LogP contribution in [0.25, 0.3) is 5.69 Å². The molecule has 3 aromatic rings. The fourth-order valence-electron chi connectivity index (χ4n) is 2.33. The van der Waals surface area contributed by atoms with Gasteiger partial charge in [0.25, 0.3) is 0 Å². The van der Waals surface area contributed by atoms with E-state index in [1.54, 1.807) is 16.9 Å². The molecule has 2 aromatic heterocycles. The fourth-order valence-corrected chi connectivity index (χ4v) is 3.16. The molecule has 0 radical (unpaired) electrons. The van der Waals surface area contributed by atoms with Crippen molar-refractivity contribution in [2.45, 2.75) is 26.4 Å². The van der Waals surface area contributed by atoms with Crippen molar-refractivity contribution in [3.8, 4) is 5.69 Å². The zero-order valence-corrected chi connectivity index (χ0v) is 14.7. The van der Waals surface area contributed by atoms with Gasteiger partial charge in [0.05, 0.1) is 17.0 Å². The summed E-state index contributed by atoms with van der Waals surface area (Å²) in [6, 6.07) is 13.2. The van der Waals surface area contributed by atoms with Gasteiger partial charge in [0.1, 0.15) is 6.61 Å². The molecule has 0 aliphatic heterocycles. The van der Waals surface area contributed by atoms with E-state index in [4.69, 9.17) is 4.74 Å². The highest BCUT2D eigenvalue weighted by atomic mass is 32.1. The monoisotopic (exact) mass is 354 g/mol. The molecule has 5 nitrogen and oxygen atoms in total. The van der Waals surface area contributed by atoms with Gasteiger partial charge in [0, 0.05) is 23.7 Å². The quantitative estimate of drug-likeness (QED) is 0.476. The van der Waals surface area contributed by atoms with E-state index in [1.807, 2.05) is 49.5 Å².